The summed E-state index contributed by atoms with van der Waals surface area (Å²) in [7, 11) is 1.41. The summed E-state index contributed by atoms with van der Waals surface area (Å²) >= 11 is 0. The van der Waals surface area contributed by atoms with E-state index in [1.165, 1.54) is 31.4 Å². The van der Waals surface area contributed by atoms with Crippen molar-refractivity contribution in [2.45, 2.75) is 0 Å². The number of fused-ring (bicyclic) bond motifs is 1. The minimum atomic E-state index is -0.499. The van der Waals surface area contributed by atoms with Crippen molar-refractivity contribution in [2.24, 2.45) is 0 Å². The van der Waals surface area contributed by atoms with E-state index >= 15 is 0 Å². The number of hydrogen-bond donors (Lipinski definition) is 1. The number of hydrogen-bond acceptors (Lipinski definition) is 5. The molecular formula is C24H18ClF2N5O. The average molecular weight is 466 g/mol. The lowest BCUT2D eigenvalue weighted by atomic mass is 10.2. The first kappa shape index (κ1) is 22.2. The summed E-state index contributed by atoms with van der Waals surface area (Å²) in [4.78, 5) is 9.32. The van der Waals surface area contributed by atoms with Crippen LogP contribution < -0.4 is 10.1 Å². The molecule has 166 valence electrons. The predicted octanol–water partition coefficient (Wildman–Crippen LogP) is 5.93. The molecule has 5 aromatic rings. The highest BCUT2D eigenvalue weighted by molar-refractivity contribution is 5.91. The number of nitrogens with one attached hydrogen (secondary N) is 1. The van der Waals surface area contributed by atoms with Gasteiger partial charge in [-0.3, -0.25) is 0 Å². The van der Waals surface area contributed by atoms with Crippen LogP contribution in [-0.2, 0) is 0 Å². The highest BCUT2D eigenvalue weighted by Crippen LogP contribution is 2.30. The van der Waals surface area contributed by atoms with Crippen LogP contribution in [0.25, 0.3) is 28.1 Å². The summed E-state index contributed by atoms with van der Waals surface area (Å²) in [5, 5.41) is 8.28. The van der Waals surface area contributed by atoms with Crippen molar-refractivity contribution in [3.05, 3.63) is 90.6 Å². The number of aromatic nitrogens is 4. The number of nitrogens with zero attached hydrogens (tertiary/aromatic N) is 4. The molecule has 0 saturated heterocycles. The lowest BCUT2D eigenvalue weighted by Gasteiger charge is -2.11. The quantitative estimate of drug-likeness (QED) is 0.348. The highest BCUT2D eigenvalue weighted by atomic mass is 35.5. The average Bonchev–Trinajstić information content (AvgIpc) is 3.25. The van der Waals surface area contributed by atoms with Crippen molar-refractivity contribution in [3.63, 3.8) is 0 Å². The number of halogens is 3. The first-order valence-electron chi connectivity index (χ1n) is 9.80. The molecule has 0 spiro atoms. The lowest BCUT2D eigenvalue weighted by molar-refractivity contribution is 0.386. The Morgan fingerprint density at radius 1 is 0.909 bits per heavy atom. The van der Waals surface area contributed by atoms with Gasteiger partial charge in [0.2, 0.25) is 0 Å². The molecule has 9 heteroatoms. The van der Waals surface area contributed by atoms with Crippen LogP contribution in [0.5, 0.6) is 5.75 Å². The maximum atomic E-state index is 14.2. The van der Waals surface area contributed by atoms with Gasteiger partial charge in [-0.05, 0) is 48.5 Å². The molecule has 0 aliphatic rings. The van der Waals surface area contributed by atoms with Gasteiger partial charge in [0.15, 0.2) is 23.0 Å². The van der Waals surface area contributed by atoms with E-state index in [4.69, 9.17) is 9.72 Å². The molecule has 2 aromatic heterocycles. The Morgan fingerprint density at radius 3 is 2.36 bits per heavy atom. The number of ether oxygens (including phenoxy) is 1. The van der Waals surface area contributed by atoms with E-state index < -0.39 is 5.82 Å². The molecule has 0 fully saturated rings. The van der Waals surface area contributed by atoms with Gasteiger partial charge < -0.3 is 10.1 Å². The molecule has 0 bridgehead atoms. The Morgan fingerprint density at radius 2 is 1.67 bits per heavy atom. The largest absolute Gasteiger partial charge is 0.494 e. The van der Waals surface area contributed by atoms with Crippen LogP contribution in [-0.4, -0.2) is 26.9 Å². The Labute approximate surface area is 194 Å². The summed E-state index contributed by atoms with van der Waals surface area (Å²) in [5.41, 5.74) is 2.51. The summed E-state index contributed by atoms with van der Waals surface area (Å²) < 4.78 is 34.4. The molecule has 0 aliphatic carbocycles. The number of methoxy groups -OCH3 is 1. The van der Waals surface area contributed by atoms with Crippen molar-refractivity contribution < 1.29 is 13.5 Å². The molecule has 0 saturated carbocycles. The number of para-hydroxylation sites is 1. The van der Waals surface area contributed by atoms with Crippen molar-refractivity contribution in [2.75, 3.05) is 12.4 Å². The zero-order chi connectivity index (χ0) is 22.1. The van der Waals surface area contributed by atoms with Gasteiger partial charge in [-0.2, -0.15) is 5.10 Å². The second-order valence-corrected chi connectivity index (χ2v) is 7.01. The van der Waals surface area contributed by atoms with Crippen molar-refractivity contribution >= 4 is 34.9 Å². The standard InChI is InChI=1S/C24H17F2N5O.ClH/c1-32-21-12-11-17(13-20(21)26)28-23-19-14-27-31(18-5-3-2-4-6-18)24(19)30-22(29-23)15-7-9-16(25)10-8-15;/h2-14H,1H3,(H,28,29,30);1H. The van der Waals surface area contributed by atoms with Crippen molar-refractivity contribution in [1.82, 2.24) is 19.7 Å². The van der Waals surface area contributed by atoms with E-state index in [0.717, 1.165) is 5.69 Å². The molecule has 0 atom stereocenters. The Balaban J connectivity index is 0.00000259. The third kappa shape index (κ3) is 4.33. The van der Waals surface area contributed by atoms with E-state index in [-0.39, 0.29) is 24.0 Å². The van der Waals surface area contributed by atoms with Gasteiger partial charge in [-0.15, -0.1) is 12.4 Å². The third-order valence-corrected chi connectivity index (χ3v) is 4.95. The summed E-state index contributed by atoms with van der Waals surface area (Å²) in [6.07, 6.45) is 1.65. The predicted molar refractivity (Wildman–Crippen MR) is 126 cm³/mol. The molecule has 0 unspecified atom stereocenters. The summed E-state index contributed by atoms with van der Waals surface area (Å²) in [5.74, 6) is 0.123. The second-order valence-electron chi connectivity index (χ2n) is 7.01. The molecule has 33 heavy (non-hydrogen) atoms. The molecule has 0 aliphatic heterocycles. The molecule has 2 heterocycles. The van der Waals surface area contributed by atoms with Gasteiger partial charge >= 0.3 is 0 Å². The Hall–Kier alpha value is -4.04. The van der Waals surface area contributed by atoms with Crippen molar-refractivity contribution in [1.29, 1.82) is 0 Å². The van der Waals surface area contributed by atoms with Crippen LogP contribution in [0.1, 0.15) is 0 Å². The molecule has 6 nitrogen and oxygen atoms in total. The van der Waals surface area contributed by atoms with Gasteiger partial charge in [-0.25, -0.2) is 23.4 Å². The first-order chi connectivity index (χ1) is 15.6. The summed E-state index contributed by atoms with van der Waals surface area (Å²) in [6, 6.07) is 20.0. The second kappa shape index (κ2) is 9.22. The molecule has 5 rings (SSSR count). The minimum Gasteiger partial charge on any atom is -0.494 e. The highest BCUT2D eigenvalue weighted by Gasteiger charge is 2.16. The first-order valence-corrected chi connectivity index (χ1v) is 9.80. The zero-order valence-corrected chi connectivity index (χ0v) is 18.2. The monoisotopic (exact) mass is 465 g/mol. The molecular weight excluding hydrogens is 448 g/mol. The maximum absolute atomic E-state index is 14.2. The number of anilines is 2. The van der Waals surface area contributed by atoms with Gasteiger partial charge in [0.1, 0.15) is 11.6 Å². The van der Waals surface area contributed by atoms with E-state index in [2.05, 4.69) is 15.4 Å². The molecule has 3 aromatic carbocycles. The van der Waals surface area contributed by atoms with Crippen LogP contribution in [0.15, 0.2) is 79.0 Å². The van der Waals surface area contributed by atoms with E-state index in [0.29, 0.717) is 33.9 Å². The van der Waals surface area contributed by atoms with Crippen LogP contribution in [0.4, 0.5) is 20.3 Å². The fourth-order valence-electron chi connectivity index (χ4n) is 3.37. The lowest BCUT2D eigenvalue weighted by Crippen LogP contribution is -2.02. The van der Waals surface area contributed by atoms with Crippen LogP contribution in [0.2, 0.25) is 0 Å². The maximum Gasteiger partial charge on any atom is 0.169 e. The number of benzene rings is 3. The third-order valence-electron chi connectivity index (χ3n) is 4.95. The topological polar surface area (TPSA) is 64.9 Å². The smallest absolute Gasteiger partial charge is 0.169 e. The molecule has 1 N–H and O–H groups in total. The van der Waals surface area contributed by atoms with Crippen molar-refractivity contribution in [3.8, 4) is 22.8 Å². The van der Waals surface area contributed by atoms with E-state index in [9.17, 15) is 8.78 Å². The van der Waals surface area contributed by atoms with Gasteiger partial charge in [-0.1, -0.05) is 18.2 Å². The van der Waals surface area contributed by atoms with Gasteiger partial charge in [0.05, 0.1) is 24.4 Å². The SMILES string of the molecule is COc1ccc(Nc2nc(-c3ccc(F)cc3)nc3c2cnn3-c2ccccc2)cc1F.Cl. The number of rotatable bonds is 5. The van der Waals surface area contributed by atoms with E-state index in [1.807, 2.05) is 30.3 Å². The minimum absolute atomic E-state index is 0. The van der Waals surface area contributed by atoms with Gasteiger partial charge in [0.25, 0.3) is 0 Å². The normalized spacial score (nSPS) is 10.6. The Kier molecular flexibility index (Phi) is 6.19. The summed E-state index contributed by atoms with van der Waals surface area (Å²) in [6.45, 7) is 0. The van der Waals surface area contributed by atoms with Gasteiger partial charge in [0, 0.05) is 17.3 Å². The zero-order valence-electron chi connectivity index (χ0n) is 17.4. The van der Waals surface area contributed by atoms with Crippen LogP contribution in [0, 0.1) is 11.6 Å². The molecule has 0 amide bonds. The fraction of sp³-hybridized carbons (Fsp3) is 0.0417. The Bertz CT molecular complexity index is 1410. The fourth-order valence-corrected chi connectivity index (χ4v) is 3.37. The molecule has 0 radical (unpaired) electrons. The van der Waals surface area contributed by atoms with Crippen LogP contribution >= 0.6 is 12.4 Å². The van der Waals surface area contributed by atoms with Crippen LogP contribution in [0.3, 0.4) is 0 Å². The van der Waals surface area contributed by atoms with E-state index in [1.54, 1.807) is 29.1 Å².